The molecule has 184 valence electrons. The number of rotatable bonds is 5. The van der Waals surface area contributed by atoms with E-state index in [1.54, 1.807) is 24.1 Å². The van der Waals surface area contributed by atoms with Crippen LogP contribution in [0, 0.1) is 0 Å². The van der Waals surface area contributed by atoms with Gasteiger partial charge in [-0.1, -0.05) is 30.3 Å². The Morgan fingerprint density at radius 1 is 0.941 bits per heavy atom. The van der Waals surface area contributed by atoms with Crippen molar-refractivity contribution in [3.8, 4) is 11.5 Å². The zero-order valence-electron chi connectivity index (χ0n) is 19.9. The SMILES string of the molecule is C1CCC(OC2CCCCO2)OC1.CN1C(=O)CCc2c(O)ccc(OCc3ccccc3)c21. The maximum atomic E-state index is 11.9. The smallest absolute Gasteiger partial charge is 0.227 e. The van der Waals surface area contributed by atoms with E-state index in [0.29, 0.717) is 30.9 Å². The molecule has 34 heavy (non-hydrogen) atoms. The molecular weight excluding hydrogens is 434 g/mol. The number of hydrogen-bond acceptors (Lipinski definition) is 6. The molecule has 0 spiro atoms. The van der Waals surface area contributed by atoms with Gasteiger partial charge in [0, 0.05) is 32.2 Å². The molecule has 0 saturated carbocycles. The highest BCUT2D eigenvalue weighted by molar-refractivity contribution is 5.98. The van der Waals surface area contributed by atoms with Gasteiger partial charge in [-0.3, -0.25) is 4.79 Å². The van der Waals surface area contributed by atoms with Crippen molar-refractivity contribution in [3.63, 3.8) is 0 Å². The Balaban J connectivity index is 0.000000180. The molecule has 1 amide bonds. The highest BCUT2D eigenvalue weighted by Gasteiger charge is 2.27. The van der Waals surface area contributed by atoms with Gasteiger partial charge in [-0.2, -0.15) is 0 Å². The molecule has 0 radical (unpaired) electrons. The largest absolute Gasteiger partial charge is 0.508 e. The van der Waals surface area contributed by atoms with Crippen LogP contribution in [0.5, 0.6) is 11.5 Å². The van der Waals surface area contributed by atoms with Crippen LogP contribution in [0.2, 0.25) is 0 Å². The summed E-state index contributed by atoms with van der Waals surface area (Å²) in [5, 5.41) is 9.98. The van der Waals surface area contributed by atoms with Crippen molar-refractivity contribution in [1.82, 2.24) is 0 Å². The van der Waals surface area contributed by atoms with Crippen molar-refractivity contribution in [2.45, 2.75) is 70.6 Å². The second-order valence-electron chi connectivity index (χ2n) is 8.87. The number of amides is 1. The van der Waals surface area contributed by atoms with Crippen molar-refractivity contribution in [2.24, 2.45) is 0 Å². The van der Waals surface area contributed by atoms with Gasteiger partial charge in [-0.25, -0.2) is 0 Å². The summed E-state index contributed by atoms with van der Waals surface area (Å²) in [7, 11) is 1.72. The van der Waals surface area contributed by atoms with E-state index in [-0.39, 0.29) is 24.2 Å². The lowest BCUT2D eigenvalue weighted by Crippen LogP contribution is -2.31. The van der Waals surface area contributed by atoms with Crippen LogP contribution in [-0.4, -0.2) is 43.9 Å². The summed E-state index contributed by atoms with van der Waals surface area (Å²) < 4.78 is 22.5. The maximum Gasteiger partial charge on any atom is 0.227 e. The van der Waals surface area contributed by atoms with Gasteiger partial charge in [0.05, 0.1) is 5.69 Å². The minimum Gasteiger partial charge on any atom is -0.508 e. The number of aromatic hydroxyl groups is 1. The number of phenols is 1. The number of phenolic OH excluding ortho intramolecular Hbond substituents is 1. The van der Waals surface area contributed by atoms with Gasteiger partial charge < -0.3 is 29.0 Å². The van der Waals surface area contributed by atoms with E-state index in [0.717, 1.165) is 37.2 Å². The number of carbonyl (C=O) groups excluding carboxylic acids is 1. The number of carbonyl (C=O) groups is 1. The average molecular weight is 470 g/mol. The van der Waals surface area contributed by atoms with E-state index >= 15 is 0 Å². The van der Waals surface area contributed by atoms with Crippen LogP contribution in [0.4, 0.5) is 5.69 Å². The Labute approximate surface area is 201 Å². The molecular formula is C27H35NO6. The van der Waals surface area contributed by atoms with E-state index in [9.17, 15) is 9.90 Å². The molecule has 2 aromatic rings. The fourth-order valence-electron chi connectivity index (χ4n) is 4.40. The first-order chi connectivity index (χ1) is 16.6. The Kier molecular flexibility index (Phi) is 8.79. The van der Waals surface area contributed by atoms with E-state index in [1.807, 2.05) is 30.3 Å². The lowest BCUT2D eigenvalue weighted by atomic mass is 10.00. The molecule has 7 nitrogen and oxygen atoms in total. The lowest BCUT2D eigenvalue weighted by Gasteiger charge is -2.29. The number of fused-ring (bicyclic) bond motifs is 1. The molecule has 7 heteroatoms. The van der Waals surface area contributed by atoms with Gasteiger partial charge in [0.25, 0.3) is 0 Å². The Hall–Kier alpha value is -2.61. The van der Waals surface area contributed by atoms with Crippen LogP contribution in [0.15, 0.2) is 42.5 Å². The molecule has 1 N–H and O–H groups in total. The highest BCUT2D eigenvalue weighted by Crippen LogP contribution is 2.41. The number of anilines is 1. The summed E-state index contributed by atoms with van der Waals surface area (Å²) in [6.45, 7) is 2.12. The van der Waals surface area contributed by atoms with Crippen molar-refractivity contribution < 1.29 is 28.8 Å². The number of ether oxygens (including phenoxy) is 4. The standard InChI is InChI=1S/C17H17NO3.C10H18O3/c1-18-16(20)10-7-13-14(19)8-9-15(17(13)18)21-11-12-5-3-2-4-6-12;1-3-7-11-9(5-1)13-10-6-2-4-8-12-10/h2-6,8-9,19H,7,10-11H2,1H3;9-10H,1-8H2. The monoisotopic (exact) mass is 469 g/mol. The minimum atomic E-state index is -0.00292. The lowest BCUT2D eigenvalue weighted by molar-refractivity contribution is -0.264. The third-order valence-electron chi connectivity index (χ3n) is 6.34. The summed E-state index contributed by atoms with van der Waals surface area (Å²) in [6.07, 6.45) is 7.80. The zero-order valence-corrected chi connectivity index (χ0v) is 19.9. The van der Waals surface area contributed by atoms with Gasteiger partial charge >= 0.3 is 0 Å². The highest BCUT2D eigenvalue weighted by atomic mass is 16.8. The molecule has 0 aromatic heterocycles. The average Bonchev–Trinajstić information content (AvgIpc) is 2.88. The third-order valence-corrected chi connectivity index (χ3v) is 6.34. The van der Waals surface area contributed by atoms with E-state index in [4.69, 9.17) is 18.9 Å². The molecule has 2 unspecified atom stereocenters. The molecule has 2 aromatic carbocycles. The second-order valence-corrected chi connectivity index (χ2v) is 8.87. The first kappa shape index (κ1) is 24.5. The van der Waals surface area contributed by atoms with Crippen LogP contribution in [0.25, 0.3) is 0 Å². The number of hydrogen-bond donors (Lipinski definition) is 1. The Morgan fingerprint density at radius 2 is 1.62 bits per heavy atom. The molecule has 2 atom stereocenters. The summed E-state index contributed by atoms with van der Waals surface area (Å²) in [4.78, 5) is 13.5. The van der Waals surface area contributed by atoms with Crippen molar-refractivity contribution >= 4 is 11.6 Å². The van der Waals surface area contributed by atoms with Gasteiger partial charge in [-0.15, -0.1) is 0 Å². The number of benzene rings is 2. The fourth-order valence-corrected chi connectivity index (χ4v) is 4.40. The van der Waals surface area contributed by atoms with Gasteiger partial charge in [0.15, 0.2) is 12.6 Å². The van der Waals surface area contributed by atoms with Crippen LogP contribution < -0.4 is 9.64 Å². The Bertz CT molecular complexity index is 906. The quantitative estimate of drug-likeness (QED) is 0.669. The first-order valence-corrected chi connectivity index (χ1v) is 12.3. The molecule has 2 fully saturated rings. The van der Waals surface area contributed by atoms with Gasteiger partial charge in [0.1, 0.15) is 18.1 Å². The predicted molar refractivity (Wildman–Crippen MR) is 129 cm³/mol. The van der Waals surface area contributed by atoms with Crippen molar-refractivity contribution in [1.29, 1.82) is 0 Å². The fraction of sp³-hybridized carbons (Fsp3) is 0.519. The van der Waals surface area contributed by atoms with Crippen LogP contribution in [-0.2, 0) is 32.0 Å². The molecule has 3 aliphatic heterocycles. The predicted octanol–water partition coefficient (Wildman–Crippen LogP) is 4.94. The topological polar surface area (TPSA) is 77.5 Å². The van der Waals surface area contributed by atoms with Crippen molar-refractivity contribution in [3.05, 3.63) is 53.6 Å². The van der Waals surface area contributed by atoms with E-state index in [2.05, 4.69) is 0 Å². The molecule has 0 aliphatic carbocycles. The summed E-state index contributed by atoms with van der Waals surface area (Å²) in [5.74, 6) is 0.885. The number of nitrogens with zero attached hydrogens (tertiary/aromatic N) is 1. The first-order valence-electron chi connectivity index (χ1n) is 12.3. The maximum absolute atomic E-state index is 11.9. The zero-order chi connectivity index (χ0) is 23.8. The van der Waals surface area contributed by atoms with Crippen molar-refractivity contribution in [2.75, 3.05) is 25.2 Å². The molecule has 5 rings (SSSR count). The van der Waals surface area contributed by atoms with E-state index < -0.39 is 0 Å². The summed E-state index contributed by atoms with van der Waals surface area (Å²) in [6, 6.07) is 13.2. The third kappa shape index (κ3) is 6.50. The molecule has 3 aliphatic rings. The molecule has 3 heterocycles. The summed E-state index contributed by atoms with van der Waals surface area (Å²) in [5.41, 5.74) is 2.52. The van der Waals surface area contributed by atoms with Crippen LogP contribution >= 0.6 is 0 Å². The second kappa shape index (κ2) is 12.2. The Morgan fingerprint density at radius 3 is 2.24 bits per heavy atom. The van der Waals surface area contributed by atoms with Crippen LogP contribution in [0.3, 0.4) is 0 Å². The van der Waals surface area contributed by atoms with Gasteiger partial charge in [-0.05, 0) is 62.6 Å². The van der Waals surface area contributed by atoms with Crippen LogP contribution in [0.1, 0.15) is 56.1 Å². The minimum absolute atomic E-state index is 0.00292. The normalized spacial score (nSPS) is 22.4. The molecule has 2 saturated heterocycles. The summed E-state index contributed by atoms with van der Waals surface area (Å²) >= 11 is 0. The van der Waals surface area contributed by atoms with Gasteiger partial charge in [0.2, 0.25) is 5.91 Å². The molecule has 0 bridgehead atoms. The van der Waals surface area contributed by atoms with E-state index in [1.165, 1.54) is 25.7 Å².